The highest BCUT2D eigenvalue weighted by atomic mass is 16.3. The molecule has 0 radical (unpaired) electrons. The maximum absolute atomic E-state index is 11.6. The van der Waals surface area contributed by atoms with Crippen molar-refractivity contribution in [3.05, 3.63) is 10.4 Å². The molecule has 0 aliphatic carbocycles. The van der Waals surface area contributed by atoms with Gasteiger partial charge in [0.05, 0.1) is 12.1 Å². The normalized spacial score (nSPS) is 21.9. The number of aliphatic hydroxyl groups excluding tert-OH is 2. The Hall–Kier alpha value is -1.80. The topological polar surface area (TPSA) is 136 Å². The zero-order valence-corrected chi connectivity index (χ0v) is 9.27. The van der Waals surface area contributed by atoms with Crippen molar-refractivity contribution in [3.63, 3.8) is 0 Å². The fraction of sp³-hybridized carbons (Fsp3) is 0.556. The molecule has 1 aromatic rings. The van der Waals surface area contributed by atoms with E-state index in [1.807, 2.05) is 0 Å². The lowest BCUT2D eigenvalue weighted by molar-refractivity contribution is 0.0214. The van der Waals surface area contributed by atoms with Gasteiger partial charge in [0.25, 0.3) is 5.56 Å². The quantitative estimate of drug-likeness (QED) is 0.363. The van der Waals surface area contributed by atoms with E-state index in [4.69, 9.17) is 5.73 Å². The number of nitrogens with one attached hydrogen (secondary N) is 3. The van der Waals surface area contributed by atoms with Crippen molar-refractivity contribution in [1.82, 2.24) is 9.97 Å². The van der Waals surface area contributed by atoms with E-state index in [1.165, 1.54) is 6.92 Å². The van der Waals surface area contributed by atoms with E-state index in [0.29, 0.717) is 12.4 Å². The molecule has 0 saturated carbocycles. The minimum atomic E-state index is -0.979. The van der Waals surface area contributed by atoms with Crippen molar-refractivity contribution in [2.75, 3.05) is 22.9 Å². The summed E-state index contributed by atoms with van der Waals surface area (Å²) in [5.74, 6) is 0.373. The van der Waals surface area contributed by atoms with Crippen LogP contribution in [0.15, 0.2) is 4.79 Å². The molecule has 0 saturated heterocycles. The summed E-state index contributed by atoms with van der Waals surface area (Å²) in [6.45, 7) is 1.82. The second-order valence-corrected chi connectivity index (χ2v) is 4.04. The Labute approximate surface area is 96.9 Å². The van der Waals surface area contributed by atoms with Crippen molar-refractivity contribution >= 4 is 17.5 Å². The number of hydrogen-bond donors (Lipinski definition) is 6. The van der Waals surface area contributed by atoms with Crippen molar-refractivity contribution < 1.29 is 10.2 Å². The number of aromatic nitrogens is 2. The summed E-state index contributed by atoms with van der Waals surface area (Å²) in [6.07, 6.45) is -1.87. The van der Waals surface area contributed by atoms with Crippen LogP contribution in [0.25, 0.3) is 0 Å². The summed E-state index contributed by atoms with van der Waals surface area (Å²) >= 11 is 0. The lowest BCUT2D eigenvalue weighted by atomic mass is 10.0. The molecule has 0 bridgehead atoms. The van der Waals surface area contributed by atoms with Crippen LogP contribution in [-0.2, 0) is 0 Å². The summed E-state index contributed by atoms with van der Waals surface area (Å²) in [5, 5.41) is 24.7. The average molecular weight is 241 g/mol. The van der Waals surface area contributed by atoms with Gasteiger partial charge >= 0.3 is 0 Å². The maximum Gasteiger partial charge on any atom is 0.277 e. The van der Waals surface area contributed by atoms with Gasteiger partial charge in [0.2, 0.25) is 5.95 Å². The number of nitrogen functional groups attached to an aromatic ring is 1. The molecule has 1 unspecified atom stereocenters. The molecule has 94 valence electrons. The number of H-pyrrole nitrogens is 1. The fourth-order valence-corrected chi connectivity index (χ4v) is 1.74. The number of hydrogen-bond acceptors (Lipinski definition) is 7. The second-order valence-electron chi connectivity index (χ2n) is 4.04. The molecule has 17 heavy (non-hydrogen) atoms. The first-order valence-electron chi connectivity index (χ1n) is 5.25. The number of rotatable bonds is 2. The maximum atomic E-state index is 11.6. The smallest absolute Gasteiger partial charge is 0.277 e. The molecule has 1 aromatic heterocycles. The minimum absolute atomic E-state index is 0.0255. The number of aliphatic hydroxyl groups is 2. The number of nitrogens with zero attached hydrogens (tertiary/aromatic N) is 1. The highest BCUT2D eigenvalue weighted by molar-refractivity contribution is 5.67. The van der Waals surface area contributed by atoms with Gasteiger partial charge in [-0.15, -0.1) is 0 Å². The van der Waals surface area contributed by atoms with Crippen LogP contribution in [0, 0.1) is 0 Å². The van der Waals surface area contributed by atoms with E-state index in [0.717, 1.165) is 0 Å². The van der Waals surface area contributed by atoms with Gasteiger partial charge in [0.15, 0.2) is 5.82 Å². The zero-order chi connectivity index (χ0) is 12.6. The number of fused-ring (bicyclic) bond motifs is 1. The molecule has 0 spiro atoms. The predicted octanol–water partition coefficient (Wildman–Crippen LogP) is -1.70. The van der Waals surface area contributed by atoms with E-state index in [1.54, 1.807) is 0 Å². The van der Waals surface area contributed by atoms with Crippen molar-refractivity contribution in [1.29, 1.82) is 0 Å². The monoisotopic (exact) mass is 241 g/mol. The van der Waals surface area contributed by atoms with E-state index >= 15 is 0 Å². The highest BCUT2D eigenvalue weighted by Gasteiger charge is 2.29. The Balaban J connectivity index is 2.27. The van der Waals surface area contributed by atoms with Gasteiger partial charge in [-0.25, -0.2) is 0 Å². The van der Waals surface area contributed by atoms with Crippen molar-refractivity contribution in [3.8, 4) is 0 Å². The molecule has 0 amide bonds. The van der Waals surface area contributed by atoms with Crippen LogP contribution in [-0.4, -0.2) is 45.0 Å². The van der Waals surface area contributed by atoms with Gasteiger partial charge in [-0.05, 0) is 6.92 Å². The standard InChI is InChI=1S/C9H15N5O3/c1-3(15)6(16)4-2-11-7-5(12-4)8(17)14-9(10)13-7/h3-4,6,12,15-16H,2H2,1H3,(H4,10,11,13,14,17)/t3-,4?,6+/m1/s1. The second kappa shape index (κ2) is 4.22. The molecule has 2 heterocycles. The Morgan fingerprint density at radius 1 is 1.53 bits per heavy atom. The van der Waals surface area contributed by atoms with Crippen LogP contribution >= 0.6 is 0 Å². The van der Waals surface area contributed by atoms with E-state index < -0.39 is 23.8 Å². The first-order valence-corrected chi connectivity index (χ1v) is 5.25. The molecule has 0 aromatic carbocycles. The Kier molecular flexibility index (Phi) is 2.90. The predicted molar refractivity (Wildman–Crippen MR) is 62.9 cm³/mol. The van der Waals surface area contributed by atoms with Crippen LogP contribution in [0.2, 0.25) is 0 Å². The van der Waals surface area contributed by atoms with Gasteiger partial charge in [-0.1, -0.05) is 0 Å². The Morgan fingerprint density at radius 2 is 2.24 bits per heavy atom. The summed E-state index contributed by atoms with van der Waals surface area (Å²) in [6, 6.07) is -0.464. The van der Waals surface area contributed by atoms with E-state index in [2.05, 4.69) is 20.6 Å². The molecule has 0 fully saturated rings. The largest absolute Gasteiger partial charge is 0.391 e. The number of nitrogens with two attached hydrogens (primary N) is 1. The third kappa shape index (κ3) is 2.17. The number of aromatic amines is 1. The summed E-state index contributed by atoms with van der Waals surface area (Å²) < 4.78 is 0. The molecule has 1 aliphatic rings. The molecule has 8 nitrogen and oxygen atoms in total. The van der Waals surface area contributed by atoms with E-state index in [-0.39, 0.29) is 11.6 Å². The first kappa shape index (κ1) is 11.7. The molecular weight excluding hydrogens is 226 g/mol. The zero-order valence-electron chi connectivity index (χ0n) is 9.27. The lowest BCUT2D eigenvalue weighted by Gasteiger charge is -2.31. The minimum Gasteiger partial charge on any atom is -0.391 e. The Bertz CT molecular complexity index is 472. The van der Waals surface area contributed by atoms with Crippen LogP contribution in [0.1, 0.15) is 6.92 Å². The van der Waals surface area contributed by atoms with Gasteiger partial charge < -0.3 is 26.6 Å². The van der Waals surface area contributed by atoms with Gasteiger partial charge in [0.1, 0.15) is 11.8 Å². The third-order valence-electron chi connectivity index (χ3n) is 2.66. The Morgan fingerprint density at radius 3 is 2.88 bits per heavy atom. The molecule has 8 heteroatoms. The van der Waals surface area contributed by atoms with Gasteiger partial charge in [-0.3, -0.25) is 9.78 Å². The molecule has 7 N–H and O–H groups in total. The lowest BCUT2D eigenvalue weighted by Crippen LogP contribution is -2.48. The SMILES string of the molecule is C[C@@H](O)[C@H](O)C1CNc2nc(N)[nH]c(=O)c2N1. The highest BCUT2D eigenvalue weighted by Crippen LogP contribution is 2.21. The molecule has 1 aliphatic heterocycles. The van der Waals surface area contributed by atoms with Crippen molar-refractivity contribution in [2.45, 2.75) is 25.2 Å². The van der Waals surface area contributed by atoms with Crippen LogP contribution in [0.4, 0.5) is 17.5 Å². The first-order chi connectivity index (χ1) is 7.99. The van der Waals surface area contributed by atoms with Gasteiger partial charge in [0, 0.05) is 6.54 Å². The number of anilines is 3. The molecular formula is C9H15N5O3. The molecule has 3 atom stereocenters. The van der Waals surface area contributed by atoms with Crippen LogP contribution in [0.3, 0.4) is 0 Å². The summed E-state index contributed by atoms with van der Waals surface area (Å²) in [4.78, 5) is 17.9. The van der Waals surface area contributed by atoms with Crippen LogP contribution < -0.4 is 21.9 Å². The van der Waals surface area contributed by atoms with Crippen LogP contribution in [0.5, 0.6) is 0 Å². The third-order valence-corrected chi connectivity index (χ3v) is 2.66. The average Bonchev–Trinajstić information content (AvgIpc) is 2.27. The fourth-order valence-electron chi connectivity index (χ4n) is 1.74. The van der Waals surface area contributed by atoms with Gasteiger partial charge in [-0.2, -0.15) is 4.98 Å². The molecule has 2 rings (SSSR count). The van der Waals surface area contributed by atoms with E-state index in [9.17, 15) is 15.0 Å². The summed E-state index contributed by atoms with van der Waals surface area (Å²) in [7, 11) is 0. The van der Waals surface area contributed by atoms with Crippen molar-refractivity contribution in [2.24, 2.45) is 0 Å². The summed E-state index contributed by atoms with van der Waals surface area (Å²) in [5.41, 5.74) is 5.20.